The quantitative estimate of drug-likeness (QED) is 0.641. The van der Waals surface area contributed by atoms with E-state index in [-0.39, 0.29) is 6.10 Å². The molecular formula is C10H22N2O2. The van der Waals surface area contributed by atoms with E-state index in [1.54, 1.807) is 0 Å². The molecule has 0 bridgehead atoms. The molecule has 1 heterocycles. The van der Waals surface area contributed by atoms with Crippen LogP contribution in [0.3, 0.4) is 0 Å². The number of nitrogens with zero attached hydrogens (tertiary/aromatic N) is 1. The molecule has 14 heavy (non-hydrogen) atoms. The van der Waals surface area contributed by atoms with Crippen molar-refractivity contribution in [1.29, 1.82) is 0 Å². The van der Waals surface area contributed by atoms with Crippen molar-refractivity contribution < 1.29 is 9.84 Å². The number of aliphatic hydroxyl groups excluding tert-OH is 1. The van der Waals surface area contributed by atoms with Crippen LogP contribution >= 0.6 is 0 Å². The molecule has 0 aromatic carbocycles. The topological polar surface area (TPSA) is 44.7 Å². The van der Waals surface area contributed by atoms with Crippen molar-refractivity contribution in [3.8, 4) is 0 Å². The molecule has 0 radical (unpaired) electrons. The van der Waals surface area contributed by atoms with Gasteiger partial charge >= 0.3 is 0 Å². The summed E-state index contributed by atoms with van der Waals surface area (Å²) in [7, 11) is 0. The zero-order chi connectivity index (χ0) is 10.4. The minimum absolute atomic E-state index is 0.347. The summed E-state index contributed by atoms with van der Waals surface area (Å²) in [6, 6.07) is 0.531. The van der Waals surface area contributed by atoms with Gasteiger partial charge < -0.3 is 15.2 Å². The van der Waals surface area contributed by atoms with Crippen molar-refractivity contribution >= 4 is 0 Å². The fraction of sp³-hybridized carbons (Fsp3) is 1.00. The van der Waals surface area contributed by atoms with Gasteiger partial charge in [0.2, 0.25) is 0 Å². The number of aliphatic hydroxyl groups is 1. The molecule has 84 valence electrons. The van der Waals surface area contributed by atoms with Crippen molar-refractivity contribution in [2.24, 2.45) is 0 Å². The second-order valence-corrected chi connectivity index (χ2v) is 3.93. The normalized spacial score (nSPS) is 26.4. The minimum Gasteiger partial charge on any atom is -0.389 e. The third-order valence-electron chi connectivity index (χ3n) is 2.44. The molecule has 0 saturated carbocycles. The van der Waals surface area contributed by atoms with Gasteiger partial charge in [0.05, 0.1) is 12.7 Å². The fourth-order valence-corrected chi connectivity index (χ4v) is 1.78. The molecule has 1 saturated heterocycles. The molecule has 0 aromatic rings. The number of piperazine rings is 1. The smallest absolute Gasteiger partial charge is 0.0900 e. The first-order valence-electron chi connectivity index (χ1n) is 5.44. The Morgan fingerprint density at radius 2 is 2.43 bits per heavy atom. The Morgan fingerprint density at radius 1 is 1.64 bits per heavy atom. The summed E-state index contributed by atoms with van der Waals surface area (Å²) in [4.78, 5) is 2.28. The van der Waals surface area contributed by atoms with Crippen LogP contribution in [-0.2, 0) is 4.74 Å². The Kier molecular flexibility index (Phi) is 5.40. The van der Waals surface area contributed by atoms with Crippen LogP contribution in [0.4, 0.5) is 0 Å². The maximum atomic E-state index is 9.63. The van der Waals surface area contributed by atoms with Crippen LogP contribution in [0.1, 0.15) is 13.8 Å². The number of ether oxygens (including phenoxy) is 1. The van der Waals surface area contributed by atoms with E-state index in [0.717, 1.165) is 26.2 Å². The van der Waals surface area contributed by atoms with E-state index in [9.17, 15) is 5.11 Å². The fourth-order valence-electron chi connectivity index (χ4n) is 1.78. The van der Waals surface area contributed by atoms with E-state index in [0.29, 0.717) is 19.3 Å². The Morgan fingerprint density at radius 3 is 3.07 bits per heavy atom. The Labute approximate surface area is 86.2 Å². The number of rotatable bonds is 5. The van der Waals surface area contributed by atoms with Gasteiger partial charge in [0.15, 0.2) is 0 Å². The van der Waals surface area contributed by atoms with Crippen molar-refractivity contribution in [3.63, 3.8) is 0 Å². The van der Waals surface area contributed by atoms with E-state index >= 15 is 0 Å². The van der Waals surface area contributed by atoms with E-state index in [4.69, 9.17) is 4.74 Å². The van der Waals surface area contributed by atoms with Gasteiger partial charge in [-0.05, 0) is 13.8 Å². The molecule has 1 unspecified atom stereocenters. The summed E-state index contributed by atoms with van der Waals surface area (Å²) in [6.45, 7) is 9.02. The van der Waals surface area contributed by atoms with E-state index in [2.05, 4.69) is 17.1 Å². The number of hydrogen-bond acceptors (Lipinski definition) is 4. The second kappa shape index (κ2) is 6.35. The monoisotopic (exact) mass is 202 g/mol. The third-order valence-corrected chi connectivity index (χ3v) is 2.44. The molecule has 1 aliphatic heterocycles. The minimum atomic E-state index is -0.347. The first-order valence-corrected chi connectivity index (χ1v) is 5.44. The molecule has 1 fully saturated rings. The van der Waals surface area contributed by atoms with E-state index in [1.807, 2.05) is 6.92 Å². The molecule has 1 rings (SSSR count). The molecule has 4 nitrogen and oxygen atoms in total. The number of β-amino-alcohol motifs (C(OH)–C–C–N with tert-alkyl or cyclic N) is 1. The van der Waals surface area contributed by atoms with Gasteiger partial charge in [-0.15, -0.1) is 0 Å². The Bertz CT molecular complexity index is 155. The van der Waals surface area contributed by atoms with Crippen LogP contribution in [0.5, 0.6) is 0 Å². The lowest BCUT2D eigenvalue weighted by molar-refractivity contribution is 0.0165. The summed E-state index contributed by atoms with van der Waals surface area (Å²) >= 11 is 0. The maximum absolute atomic E-state index is 9.63. The summed E-state index contributed by atoms with van der Waals surface area (Å²) in [5, 5.41) is 13.0. The average Bonchev–Trinajstić information content (AvgIpc) is 2.15. The lowest BCUT2D eigenvalue weighted by Crippen LogP contribution is -2.51. The van der Waals surface area contributed by atoms with Crippen LogP contribution in [0, 0.1) is 0 Å². The molecule has 1 aliphatic rings. The molecule has 2 N–H and O–H groups in total. The van der Waals surface area contributed by atoms with Gasteiger partial charge in [0.1, 0.15) is 0 Å². The third kappa shape index (κ3) is 4.37. The van der Waals surface area contributed by atoms with E-state index < -0.39 is 0 Å². The van der Waals surface area contributed by atoms with Gasteiger partial charge in [-0.2, -0.15) is 0 Å². The van der Waals surface area contributed by atoms with Gasteiger partial charge in [0, 0.05) is 38.8 Å². The molecule has 0 aliphatic carbocycles. The zero-order valence-corrected chi connectivity index (χ0v) is 9.20. The maximum Gasteiger partial charge on any atom is 0.0900 e. The lowest BCUT2D eigenvalue weighted by Gasteiger charge is -2.32. The SMILES string of the molecule is CCOCC(O)CN1CCN[C@@H](C)C1. The summed E-state index contributed by atoms with van der Waals surface area (Å²) in [5.74, 6) is 0. The van der Waals surface area contributed by atoms with Crippen molar-refractivity contribution in [2.45, 2.75) is 26.0 Å². The van der Waals surface area contributed by atoms with Crippen molar-refractivity contribution in [2.75, 3.05) is 39.4 Å². The summed E-state index contributed by atoms with van der Waals surface area (Å²) in [5.41, 5.74) is 0. The van der Waals surface area contributed by atoms with Crippen LogP contribution in [0.15, 0.2) is 0 Å². The summed E-state index contributed by atoms with van der Waals surface area (Å²) < 4.78 is 5.17. The molecule has 0 spiro atoms. The summed E-state index contributed by atoms with van der Waals surface area (Å²) in [6.07, 6.45) is -0.347. The predicted octanol–water partition coefficient (Wildman–Crippen LogP) is -0.322. The Balaban J connectivity index is 2.15. The van der Waals surface area contributed by atoms with Gasteiger partial charge in [-0.1, -0.05) is 0 Å². The lowest BCUT2D eigenvalue weighted by atomic mass is 10.2. The van der Waals surface area contributed by atoms with Crippen LogP contribution in [-0.4, -0.2) is 61.5 Å². The largest absolute Gasteiger partial charge is 0.389 e. The van der Waals surface area contributed by atoms with Crippen molar-refractivity contribution in [3.05, 3.63) is 0 Å². The van der Waals surface area contributed by atoms with Crippen LogP contribution in [0.2, 0.25) is 0 Å². The van der Waals surface area contributed by atoms with E-state index in [1.165, 1.54) is 0 Å². The molecule has 0 amide bonds. The average molecular weight is 202 g/mol. The molecule has 2 atom stereocenters. The predicted molar refractivity (Wildman–Crippen MR) is 56.4 cm³/mol. The molecule has 0 aromatic heterocycles. The highest BCUT2D eigenvalue weighted by Crippen LogP contribution is 2.00. The van der Waals surface area contributed by atoms with Crippen LogP contribution in [0.25, 0.3) is 0 Å². The Hall–Kier alpha value is -0.160. The second-order valence-electron chi connectivity index (χ2n) is 3.93. The zero-order valence-electron chi connectivity index (χ0n) is 9.20. The van der Waals surface area contributed by atoms with Gasteiger partial charge in [-0.3, -0.25) is 4.90 Å². The highest BCUT2D eigenvalue weighted by Gasteiger charge is 2.17. The molecular weight excluding hydrogens is 180 g/mol. The number of nitrogens with one attached hydrogen (secondary N) is 1. The first kappa shape index (κ1) is 11.9. The number of hydrogen-bond donors (Lipinski definition) is 2. The van der Waals surface area contributed by atoms with Crippen LogP contribution < -0.4 is 5.32 Å². The van der Waals surface area contributed by atoms with Gasteiger partial charge in [-0.25, -0.2) is 0 Å². The van der Waals surface area contributed by atoms with Crippen molar-refractivity contribution in [1.82, 2.24) is 10.2 Å². The first-order chi connectivity index (χ1) is 6.72. The standard InChI is InChI=1S/C10H22N2O2/c1-3-14-8-10(13)7-12-5-4-11-9(2)6-12/h9-11,13H,3-8H2,1-2H3/t9-,10?/m0/s1. The highest BCUT2D eigenvalue weighted by atomic mass is 16.5. The van der Waals surface area contributed by atoms with Gasteiger partial charge in [0.25, 0.3) is 0 Å². The molecule has 4 heteroatoms. The highest BCUT2D eigenvalue weighted by molar-refractivity contribution is 4.76.